The summed E-state index contributed by atoms with van der Waals surface area (Å²) in [7, 11) is 0. The Labute approximate surface area is 111 Å². The Balaban J connectivity index is 2.28. The van der Waals surface area contributed by atoms with Gasteiger partial charge in [0.25, 0.3) is 0 Å². The van der Waals surface area contributed by atoms with Gasteiger partial charge in [0.1, 0.15) is 10.7 Å². The van der Waals surface area contributed by atoms with E-state index < -0.39 is 4.92 Å². The standard InChI is InChI=1S/C14H16N2O3/c1-2-10-15-14(11-6-4-3-5-7-11)12-8-9-13(19-12)16(17)18/h3-9,14-15H,2,10H2,1H3. The van der Waals surface area contributed by atoms with Crippen LogP contribution in [-0.2, 0) is 0 Å². The van der Waals surface area contributed by atoms with E-state index >= 15 is 0 Å². The van der Waals surface area contributed by atoms with Crippen molar-refractivity contribution in [3.8, 4) is 0 Å². The SMILES string of the molecule is CCCNC(c1ccccc1)c1ccc([N+](=O)[O-])o1. The molecule has 1 aromatic heterocycles. The van der Waals surface area contributed by atoms with Crippen LogP contribution in [0, 0.1) is 10.1 Å². The minimum atomic E-state index is -0.522. The lowest BCUT2D eigenvalue weighted by Crippen LogP contribution is -2.22. The van der Waals surface area contributed by atoms with Crippen LogP contribution in [0.4, 0.5) is 5.88 Å². The third-order valence-electron chi connectivity index (χ3n) is 2.81. The minimum Gasteiger partial charge on any atom is -0.404 e. The first kappa shape index (κ1) is 13.3. The van der Waals surface area contributed by atoms with Crippen LogP contribution in [0.3, 0.4) is 0 Å². The van der Waals surface area contributed by atoms with Crippen molar-refractivity contribution in [1.82, 2.24) is 5.32 Å². The van der Waals surface area contributed by atoms with E-state index in [0.29, 0.717) is 5.76 Å². The molecule has 2 aromatic rings. The number of benzene rings is 1. The van der Waals surface area contributed by atoms with Gasteiger partial charge in [0, 0.05) is 0 Å². The van der Waals surface area contributed by atoms with Gasteiger partial charge in [0.2, 0.25) is 0 Å². The van der Waals surface area contributed by atoms with Crippen molar-refractivity contribution in [2.75, 3.05) is 6.54 Å². The Kier molecular flexibility index (Phi) is 4.30. The summed E-state index contributed by atoms with van der Waals surface area (Å²) >= 11 is 0. The average molecular weight is 260 g/mol. The van der Waals surface area contributed by atoms with Crippen molar-refractivity contribution in [2.45, 2.75) is 19.4 Å². The van der Waals surface area contributed by atoms with E-state index in [1.165, 1.54) is 6.07 Å². The minimum absolute atomic E-state index is 0.158. The Hall–Kier alpha value is -2.14. The van der Waals surface area contributed by atoms with Gasteiger partial charge in [0.05, 0.1) is 12.1 Å². The molecule has 0 aliphatic carbocycles. The van der Waals surface area contributed by atoms with Gasteiger partial charge in [-0.15, -0.1) is 0 Å². The number of hydrogen-bond acceptors (Lipinski definition) is 4. The predicted octanol–water partition coefficient (Wildman–Crippen LogP) is 3.28. The van der Waals surface area contributed by atoms with Crippen molar-refractivity contribution in [2.24, 2.45) is 0 Å². The molecule has 0 aliphatic heterocycles. The molecule has 5 heteroatoms. The van der Waals surface area contributed by atoms with Crippen LogP contribution in [0.2, 0.25) is 0 Å². The Bertz CT molecular complexity index is 537. The van der Waals surface area contributed by atoms with Crippen molar-refractivity contribution in [3.05, 3.63) is 63.9 Å². The van der Waals surface area contributed by atoms with Crippen LogP contribution < -0.4 is 5.32 Å². The van der Waals surface area contributed by atoms with Crippen molar-refractivity contribution in [1.29, 1.82) is 0 Å². The number of rotatable bonds is 6. The molecule has 0 amide bonds. The molecule has 0 radical (unpaired) electrons. The van der Waals surface area contributed by atoms with Gasteiger partial charge in [-0.2, -0.15) is 0 Å². The summed E-state index contributed by atoms with van der Waals surface area (Å²) < 4.78 is 5.30. The summed E-state index contributed by atoms with van der Waals surface area (Å²) in [6.07, 6.45) is 0.978. The lowest BCUT2D eigenvalue weighted by Gasteiger charge is -2.16. The highest BCUT2D eigenvalue weighted by Crippen LogP contribution is 2.26. The van der Waals surface area contributed by atoms with E-state index in [1.54, 1.807) is 6.07 Å². The van der Waals surface area contributed by atoms with E-state index in [-0.39, 0.29) is 11.9 Å². The maximum Gasteiger partial charge on any atom is 0.433 e. The molecule has 0 saturated heterocycles. The summed E-state index contributed by atoms with van der Waals surface area (Å²) in [5.74, 6) is 0.334. The van der Waals surface area contributed by atoms with E-state index in [2.05, 4.69) is 12.2 Å². The fourth-order valence-electron chi connectivity index (χ4n) is 1.91. The van der Waals surface area contributed by atoms with Crippen LogP contribution >= 0.6 is 0 Å². The molecule has 1 heterocycles. The monoisotopic (exact) mass is 260 g/mol. The molecular formula is C14H16N2O3. The molecule has 1 N–H and O–H groups in total. The molecule has 0 aliphatic rings. The van der Waals surface area contributed by atoms with Gasteiger partial charge in [0.15, 0.2) is 0 Å². The van der Waals surface area contributed by atoms with E-state index in [9.17, 15) is 10.1 Å². The molecule has 19 heavy (non-hydrogen) atoms. The molecule has 1 aromatic carbocycles. The summed E-state index contributed by atoms with van der Waals surface area (Å²) in [4.78, 5) is 10.2. The Morgan fingerprint density at radius 1 is 1.26 bits per heavy atom. The molecule has 1 unspecified atom stereocenters. The number of nitro groups is 1. The molecular weight excluding hydrogens is 244 g/mol. The third kappa shape index (κ3) is 3.20. The summed E-state index contributed by atoms with van der Waals surface area (Å²) in [6, 6.07) is 12.6. The predicted molar refractivity (Wildman–Crippen MR) is 71.9 cm³/mol. The zero-order chi connectivity index (χ0) is 13.7. The topological polar surface area (TPSA) is 68.3 Å². The molecule has 2 rings (SSSR count). The third-order valence-corrected chi connectivity index (χ3v) is 2.81. The highest BCUT2D eigenvalue weighted by Gasteiger charge is 2.20. The van der Waals surface area contributed by atoms with Gasteiger partial charge < -0.3 is 9.73 Å². The maximum absolute atomic E-state index is 10.7. The van der Waals surface area contributed by atoms with Crippen molar-refractivity contribution < 1.29 is 9.34 Å². The number of nitrogens with one attached hydrogen (secondary N) is 1. The maximum atomic E-state index is 10.7. The quantitative estimate of drug-likeness (QED) is 0.639. The smallest absolute Gasteiger partial charge is 0.404 e. The van der Waals surface area contributed by atoms with Crippen LogP contribution in [0.5, 0.6) is 0 Å². The lowest BCUT2D eigenvalue weighted by atomic mass is 10.0. The second kappa shape index (κ2) is 6.15. The molecule has 0 bridgehead atoms. The first-order valence-electron chi connectivity index (χ1n) is 6.25. The zero-order valence-corrected chi connectivity index (χ0v) is 10.7. The molecule has 1 atom stereocenters. The van der Waals surface area contributed by atoms with Gasteiger partial charge in [-0.3, -0.25) is 10.1 Å². The lowest BCUT2D eigenvalue weighted by molar-refractivity contribution is -0.402. The summed E-state index contributed by atoms with van der Waals surface area (Å²) in [5, 5.41) is 14.0. The largest absolute Gasteiger partial charge is 0.433 e. The van der Waals surface area contributed by atoms with Crippen LogP contribution in [0.15, 0.2) is 46.9 Å². The number of furan rings is 1. The second-order valence-corrected chi connectivity index (χ2v) is 4.23. The van der Waals surface area contributed by atoms with Gasteiger partial charge in [-0.25, -0.2) is 0 Å². The molecule has 100 valence electrons. The highest BCUT2D eigenvalue weighted by atomic mass is 16.6. The second-order valence-electron chi connectivity index (χ2n) is 4.23. The van der Waals surface area contributed by atoms with E-state index in [0.717, 1.165) is 18.5 Å². The average Bonchev–Trinajstić information content (AvgIpc) is 2.90. The summed E-state index contributed by atoms with van der Waals surface area (Å²) in [5.41, 5.74) is 1.03. The van der Waals surface area contributed by atoms with E-state index in [4.69, 9.17) is 4.42 Å². The van der Waals surface area contributed by atoms with Crippen LogP contribution in [0.1, 0.15) is 30.7 Å². The fraction of sp³-hybridized carbons (Fsp3) is 0.286. The highest BCUT2D eigenvalue weighted by molar-refractivity contribution is 5.29. The van der Waals surface area contributed by atoms with Gasteiger partial charge in [-0.1, -0.05) is 37.3 Å². The first-order chi connectivity index (χ1) is 9.22. The Morgan fingerprint density at radius 3 is 2.58 bits per heavy atom. The van der Waals surface area contributed by atoms with Crippen LogP contribution in [0.25, 0.3) is 0 Å². The molecule has 5 nitrogen and oxygen atoms in total. The van der Waals surface area contributed by atoms with Crippen molar-refractivity contribution >= 4 is 5.88 Å². The Morgan fingerprint density at radius 2 is 2.00 bits per heavy atom. The summed E-state index contributed by atoms with van der Waals surface area (Å²) in [6.45, 7) is 2.88. The van der Waals surface area contributed by atoms with Crippen LogP contribution in [-0.4, -0.2) is 11.5 Å². The fourth-order valence-corrected chi connectivity index (χ4v) is 1.91. The molecule has 0 fully saturated rings. The van der Waals surface area contributed by atoms with Gasteiger partial charge >= 0.3 is 5.88 Å². The normalized spacial score (nSPS) is 12.3. The first-order valence-corrected chi connectivity index (χ1v) is 6.25. The van der Waals surface area contributed by atoms with Crippen molar-refractivity contribution in [3.63, 3.8) is 0 Å². The molecule has 0 spiro atoms. The van der Waals surface area contributed by atoms with Gasteiger partial charge in [-0.05, 0) is 24.6 Å². The zero-order valence-electron chi connectivity index (χ0n) is 10.7. The van der Waals surface area contributed by atoms with E-state index in [1.807, 2.05) is 30.3 Å². The number of nitrogens with zero attached hydrogens (tertiary/aromatic N) is 1. The molecule has 0 saturated carbocycles. The number of hydrogen-bond donors (Lipinski definition) is 1.